The first-order valence-corrected chi connectivity index (χ1v) is 9.07. The minimum Gasteiger partial charge on any atom is -0.335 e. The second-order valence-electron chi connectivity index (χ2n) is 6.82. The number of carbonyl (C=O) groups excluding carboxylic acids is 2. The monoisotopic (exact) mass is 381 g/mol. The van der Waals surface area contributed by atoms with E-state index in [1.54, 1.807) is 9.30 Å². The van der Waals surface area contributed by atoms with E-state index in [1.165, 1.54) is 24.3 Å². The highest BCUT2D eigenvalue weighted by Gasteiger charge is 2.30. The average Bonchev–Trinajstić information content (AvgIpc) is 3.26. The van der Waals surface area contributed by atoms with E-state index in [1.807, 2.05) is 31.3 Å². The zero-order valence-electron chi connectivity index (χ0n) is 15.4. The number of hydrogen-bond acceptors (Lipinski definition) is 3. The van der Waals surface area contributed by atoms with Gasteiger partial charge in [0.2, 0.25) is 0 Å². The molecule has 1 aliphatic rings. The standard InChI is InChI=1S/C20H20FN5O2/c1-13-18(26-10-3-2-4-17(26)22-13)19(27)25-11-9-16(12-25)24-20(28)23-15-7-5-14(21)6-8-15/h2-8,10,16H,9,11-12H2,1H3,(H2,23,24,28). The number of likely N-dealkylation sites (tertiary alicyclic amines) is 1. The molecule has 1 fully saturated rings. The Morgan fingerprint density at radius 2 is 1.96 bits per heavy atom. The normalized spacial score (nSPS) is 16.4. The topological polar surface area (TPSA) is 78.7 Å². The molecular weight excluding hydrogens is 361 g/mol. The summed E-state index contributed by atoms with van der Waals surface area (Å²) in [7, 11) is 0. The molecule has 28 heavy (non-hydrogen) atoms. The molecule has 4 rings (SSSR count). The van der Waals surface area contributed by atoms with E-state index in [-0.39, 0.29) is 23.8 Å². The summed E-state index contributed by atoms with van der Waals surface area (Å²) in [5.74, 6) is -0.460. The SMILES string of the molecule is Cc1nc2ccccn2c1C(=O)N1CCC(NC(=O)Nc2ccc(F)cc2)C1. The number of carbonyl (C=O) groups is 2. The van der Waals surface area contributed by atoms with Gasteiger partial charge in [0.05, 0.1) is 5.69 Å². The lowest BCUT2D eigenvalue weighted by Gasteiger charge is -2.17. The van der Waals surface area contributed by atoms with Gasteiger partial charge in [0, 0.05) is 31.0 Å². The number of benzene rings is 1. The summed E-state index contributed by atoms with van der Waals surface area (Å²) in [5.41, 5.74) is 2.47. The number of imidazole rings is 1. The van der Waals surface area contributed by atoms with Crippen LogP contribution >= 0.6 is 0 Å². The van der Waals surface area contributed by atoms with E-state index < -0.39 is 0 Å². The first-order chi connectivity index (χ1) is 13.5. The molecule has 144 valence electrons. The number of fused-ring (bicyclic) bond motifs is 1. The Morgan fingerprint density at radius 1 is 1.18 bits per heavy atom. The molecule has 1 saturated heterocycles. The summed E-state index contributed by atoms with van der Waals surface area (Å²) in [5, 5.41) is 5.53. The molecule has 2 aromatic heterocycles. The number of nitrogens with zero attached hydrogens (tertiary/aromatic N) is 3. The number of rotatable bonds is 3. The van der Waals surface area contributed by atoms with Gasteiger partial charge in [-0.25, -0.2) is 14.2 Å². The number of aromatic nitrogens is 2. The van der Waals surface area contributed by atoms with Gasteiger partial charge in [-0.15, -0.1) is 0 Å². The fourth-order valence-corrected chi connectivity index (χ4v) is 3.47. The fraction of sp³-hybridized carbons (Fsp3) is 0.250. The van der Waals surface area contributed by atoms with Crippen LogP contribution in [0, 0.1) is 12.7 Å². The number of halogens is 1. The molecule has 0 aliphatic carbocycles. The van der Waals surface area contributed by atoms with Crippen LogP contribution in [0.4, 0.5) is 14.9 Å². The third kappa shape index (κ3) is 3.53. The lowest BCUT2D eigenvalue weighted by Crippen LogP contribution is -2.40. The van der Waals surface area contributed by atoms with Crippen molar-refractivity contribution < 1.29 is 14.0 Å². The van der Waals surface area contributed by atoms with Crippen molar-refractivity contribution in [2.24, 2.45) is 0 Å². The molecule has 1 unspecified atom stereocenters. The molecule has 1 aromatic carbocycles. The number of nitrogens with one attached hydrogen (secondary N) is 2. The van der Waals surface area contributed by atoms with Gasteiger partial charge in [0.15, 0.2) is 0 Å². The number of hydrogen-bond donors (Lipinski definition) is 2. The zero-order chi connectivity index (χ0) is 19.7. The molecule has 0 saturated carbocycles. The van der Waals surface area contributed by atoms with Crippen LogP contribution in [0.3, 0.4) is 0 Å². The molecular formula is C20H20FN5O2. The van der Waals surface area contributed by atoms with Crippen molar-refractivity contribution in [3.8, 4) is 0 Å². The molecule has 8 heteroatoms. The molecule has 3 heterocycles. The number of amides is 3. The second-order valence-corrected chi connectivity index (χ2v) is 6.82. The quantitative estimate of drug-likeness (QED) is 0.732. The molecule has 1 atom stereocenters. The summed E-state index contributed by atoms with van der Waals surface area (Å²) in [6.07, 6.45) is 2.49. The van der Waals surface area contributed by atoms with Gasteiger partial charge >= 0.3 is 6.03 Å². The van der Waals surface area contributed by atoms with Crippen molar-refractivity contribution in [1.29, 1.82) is 0 Å². The van der Waals surface area contributed by atoms with Crippen molar-refractivity contribution in [3.05, 3.63) is 65.9 Å². The molecule has 3 aromatic rings. The van der Waals surface area contributed by atoms with Gasteiger partial charge in [-0.1, -0.05) is 6.07 Å². The van der Waals surface area contributed by atoms with Crippen LogP contribution in [-0.4, -0.2) is 45.4 Å². The number of urea groups is 1. The Balaban J connectivity index is 1.39. The number of anilines is 1. The molecule has 3 amide bonds. The number of pyridine rings is 1. The number of aryl methyl sites for hydroxylation is 1. The van der Waals surface area contributed by atoms with Crippen LogP contribution in [0.1, 0.15) is 22.6 Å². The maximum absolute atomic E-state index is 13.0. The largest absolute Gasteiger partial charge is 0.335 e. The highest BCUT2D eigenvalue weighted by atomic mass is 19.1. The van der Waals surface area contributed by atoms with Gasteiger partial charge in [-0.2, -0.15) is 0 Å². The van der Waals surface area contributed by atoms with Crippen molar-refractivity contribution >= 4 is 23.3 Å². The molecule has 0 bridgehead atoms. The summed E-state index contributed by atoms with van der Waals surface area (Å²) in [6.45, 7) is 2.80. The smallest absolute Gasteiger partial charge is 0.319 e. The predicted octanol–water partition coefficient (Wildman–Crippen LogP) is 2.82. The maximum atomic E-state index is 13.0. The Kier molecular flexibility index (Phi) is 4.68. The zero-order valence-corrected chi connectivity index (χ0v) is 15.4. The second kappa shape index (κ2) is 7.30. The van der Waals surface area contributed by atoms with Crippen molar-refractivity contribution in [2.75, 3.05) is 18.4 Å². The van der Waals surface area contributed by atoms with Crippen molar-refractivity contribution in [1.82, 2.24) is 19.6 Å². The van der Waals surface area contributed by atoms with Gasteiger partial charge in [-0.3, -0.25) is 9.20 Å². The summed E-state index contributed by atoms with van der Waals surface area (Å²) < 4.78 is 14.7. The van der Waals surface area contributed by atoms with E-state index in [2.05, 4.69) is 15.6 Å². The van der Waals surface area contributed by atoms with Crippen LogP contribution < -0.4 is 10.6 Å². The molecule has 7 nitrogen and oxygen atoms in total. The van der Waals surface area contributed by atoms with Gasteiger partial charge in [0.1, 0.15) is 17.2 Å². The highest BCUT2D eigenvalue weighted by Crippen LogP contribution is 2.18. The van der Waals surface area contributed by atoms with Crippen LogP contribution in [-0.2, 0) is 0 Å². The van der Waals surface area contributed by atoms with Crippen LogP contribution in [0.25, 0.3) is 5.65 Å². The van der Waals surface area contributed by atoms with Gasteiger partial charge < -0.3 is 15.5 Å². The van der Waals surface area contributed by atoms with Crippen LogP contribution in [0.5, 0.6) is 0 Å². The van der Waals surface area contributed by atoms with Crippen LogP contribution in [0.2, 0.25) is 0 Å². The van der Waals surface area contributed by atoms with Gasteiger partial charge in [0.25, 0.3) is 5.91 Å². The minimum atomic E-state index is -0.378. The van der Waals surface area contributed by atoms with Crippen molar-refractivity contribution in [3.63, 3.8) is 0 Å². The minimum absolute atomic E-state index is 0.0977. The first kappa shape index (κ1) is 18.0. The molecule has 2 N–H and O–H groups in total. The Labute approximate surface area is 161 Å². The Hall–Kier alpha value is -3.42. The van der Waals surface area contributed by atoms with E-state index in [4.69, 9.17) is 0 Å². The Morgan fingerprint density at radius 3 is 2.75 bits per heavy atom. The summed E-state index contributed by atoms with van der Waals surface area (Å²) in [6, 6.07) is 10.6. The van der Waals surface area contributed by atoms with E-state index >= 15 is 0 Å². The predicted molar refractivity (Wildman–Crippen MR) is 103 cm³/mol. The van der Waals surface area contributed by atoms with Gasteiger partial charge in [-0.05, 0) is 49.7 Å². The average molecular weight is 381 g/mol. The lowest BCUT2D eigenvalue weighted by molar-refractivity contribution is 0.0782. The molecule has 1 aliphatic heterocycles. The van der Waals surface area contributed by atoms with E-state index in [0.29, 0.717) is 36.6 Å². The lowest BCUT2D eigenvalue weighted by atomic mass is 10.2. The van der Waals surface area contributed by atoms with Crippen LogP contribution in [0.15, 0.2) is 48.7 Å². The third-order valence-corrected chi connectivity index (χ3v) is 4.82. The van der Waals surface area contributed by atoms with Crippen molar-refractivity contribution in [2.45, 2.75) is 19.4 Å². The van der Waals surface area contributed by atoms with E-state index in [0.717, 1.165) is 5.65 Å². The first-order valence-electron chi connectivity index (χ1n) is 9.07. The third-order valence-electron chi connectivity index (χ3n) is 4.82. The molecule has 0 radical (unpaired) electrons. The maximum Gasteiger partial charge on any atom is 0.319 e. The fourth-order valence-electron chi connectivity index (χ4n) is 3.47. The summed E-state index contributed by atoms with van der Waals surface area (Å²) >= 11 is 0. The Bertz CT molecular complexity index is 1030. The summed E-state index contributed by atoms with van der Waals surface area (Å²) in [4.78, 5) is 31.3. The molecule has 0 spiro atoms. The highest BCUT2D eigenvalue weighted by molar-refractivity contribution is 5.95. The van der Waals surface area contributed by atoms with E-state index in [9.17, 15) is 14.0 Å².